The zero-order valence-electron chi connectivity index (χ0n) is 9.07. The third-order valence-electron chi connectivity index (χ3n) is 2.27. The lowest BCUT2D eigenvalue weighted by Crippen LogP contribution is -1.85. The summed E-state index contributed by atoms with van der Waals surface area (Å²) in [6, 6.07) is 14.8. The molecule has 0 aliphatic heterocycles. The van der Waals surface area contributed by atoms with Crippen LogP contribution in [0.2, 0.25) is 0 Å². The zero-order valence-corrected chi connectivity index (χ0v) is 11.6. The van der Waals surface area contributed by atoms with Gasteiger partial charge in [0, 0.05) is 5.75 Å². The molecule has 0 unspecified atom stereocenters. The predicted molar refractivity (Wildman–Crippen MR) is 79.0 cm³/mol. The van der Waals surface area contributed by atoms with E-state index in [9.17, 15) is 0 Å². The Labute approximate surface area is 111 Å². The number of thioether (sulfide) groups is 1. The van der Waals surface area contributed by atoms with E-state index in [-0.39, 0.29) is 17.0 Å². The Kier molecular flexibility index (Phi) is 5.03. The largest absolute Gasteiger partial charge is 0.299 e. The van der Waals surface area contributed by atoms with E-state index in [0.29, 0.717) is 5.04 Å². The monoisotopic (exact) mass is 295 g/mol. The first kappa shape index (κ1) is 13.3. The third-order valence-corrected chi connectivity index (χ3v) is 3.18. The van der Waals surface area contributed by atoms with Gasteiger partial charge in [0.25, 0.3) is 0 Å². The minimum atomic E-state index is 0. The van der Waals surface area contributed by atoms with Crippen LogP contribution in [0.15, 0.2) is 42.5 Å². The maximum Gasteiger partial charge on any atom is 0.0613 e. The molecule has 0 atom stereocenters. The van der Waals surface area contributed by atoms with Crippen molar-refractivity contribution in [1.29, 1.82) is 5.41 Å². The Hall–Kier alpha value is -0.800. The molecule has 0 amide bonds. The van der Waals surface area contributed by atoms with Gasteiger partial charge in [-0.15, -0.1) is 28.7 Å². The van der Waals surface area contributed by atoms with Crippen LogP contribution in [-0.2, 0) is 5.75 Å². The van der Waals surface area contributed by atoms with Crippen molar-refractivity contribution in [3.8, 4) is 0 Å². The SMILES string of the molecule is Br.CC(=N)SCc1ccc2ccccc2c1. The predicted octanol–water partition coefficient (Wildman–Crippen LogP) is 4.65. The highest BCUT2D eigenvalue weighted by atomic mass is 79.9. The number of nitrogens with one attached hydrogen (secondary N) is 1. The first-order chi connectivity index (χ1) is 7.25. The van der Waals surface area contributed by atoms with Crippen molar-refractivity contribution in [2.75, 3.05) is 0 Å². The van der Waals surface area contributed by atoms with Crippen LogP contribution in [0.5, 0.6) is 0 Å². The van der Waals surface area contributed by atoms with Gasteiger partial charge in [-0.05, 0) is 23.3 Å². The van der Waals surface area contributed by atoms with Crippen LogP contribution >= 0.6 is 28.7 Å². The molecule has 0 aliphatic rings. The number of rotatable bonds is 2. The van der Waals surface area contributed by atoms with Crippen molar-refractivity contribution in [2.24, 2.45) is 0 Å². The Morgan fingerprint density at radius 1 is 1.12 bits per heavy atom. The normalized spacial score (nSPS) is 9.81. The molecule has 1 nitrogen and oxygen atoms in total. The van der Waals surface area contributed by atoms with Crippen LogP contribution in [0.3, 0.4) is 0 Å². The van der Waals surface area contributed by atoms with Crippen LogP contribution in [-0.4, -0.2) is 5.04 Å². The fraction of sp³-hybridized carbons (Fsp3) is 0.154. The van der Waals surface area contributed by atoms with Crippen LogP contribution in [0.1, 0.15) is 12.5 Å². The maximum atomic E-state index is 7.37. The summed E-state index contributed by atoms with van der Waals surface area (Å²) in [5.74, 6) is 0.889. The number of fused-ring (bicyclic) bond motifs is 1. The van der Waals surface area contributed by atoms with Gasteiger partial charge in [-0.1, -0.05) is 42.5 Å². The van der Waals surface area contributed by atoms with E-state index < -0.39 is 0 Å². The molecule has 0 aliphatic carbocycles. The summed E-state index contributed by atoms with van der Waals surface area (Å²) < 4.78 is 0. The molecule has 2 aromatic carbocycles. The quantitative estimate of drug-likeness (QED) is 0.633. The molecule has 16 heavy (non-hydrogen) atoms. The Morgan fingerprint density at radius 2 is 1.81 bits per heavy atom. The summed E-state index contributed by atoms with van der Waals surface area (Å²) in [6.45, 7) is 1.83. The molecule has 0 radical (unpaired) electrons. The van der Waals surface area contributed by atoms with Gasteiger partial charge in [0.2, 0.25) is 0 Å². The molecule has 0 aromatic heterocycles. The molecule has 0 spiro atoms. The molecule has 3 heteroatoms. The van der Waals surface area contributed by atoms with E-state index >= 15 is 0 Å². The van der Waals surface area contributed by atoms with Crippen LogP contribution < -0.4 is 0 Å². The Morgan fingerprint density at radius 3 is 2.50 bits per heavy atom. The Bertz CT molecular complexity index is 496. The fourth-order valence-corrected chi connectivity index (χ4v) is 2.08. The highest BCUT2D eigenvalue weighted by Crippen LogP contribution is 2.19. The second-order valence-electron chi connectivity index (χ2n) is 3.53. The second-order valence-corrected chi connectivity index (χ2v) is 4.72. The molecule has 0 fully saturated rings. The van der Waals surface area contributed by atoms with Gasteiger partial charge in [-0.3, -0.25) is 5.41 Å². The molecule has 0 saturated heterocycles. The number of benzene rings is 2. The average Bonchev–Trinajstić information content (AvgIpc) is 2.26. The van der Waals surface area contributed by atoms with Gasteiger partial charge in [0.05, 0.1) is 5.04 Å². The van der Waals surface area contributed by atoms with E-state index in [1.165, 1.54) is 16.3 Å². The highest BCUT2D eigenvalue weighted by molar-refractivity contribution is 8.93. The number of hydrogen-bond acceptors (Lipinski definition) is 2. The molecule has 0 bridgehead atoms. The second kappa shape index (κ2) is 6.06. The minimum Gasteiger partial charge on any atom is -0.299 e. The number of halogens is 1. The standard InChI is InChI=1S/C13H13NS.BrH/c1-10(14)15-9-11-6-7-12-4-2-3-5-13(12)8-11;/h2-8,14H,9H2,1H3;1H. The molecule has 2 aromatic rings. The van der Waals surface area contributed by atoms with Crippen LogP contribution in [0, 0.1) is 5.41 Å². The molecule has 2 rings (SSSR count). The lowest BCUT2D eigenvalue weighted by molar-refractivity contribution is 1.44. The van der Waals surface area contributed by atoms with Crippen molar-refractivity contribution < 1.29 is 0 Å². The first-order valence-electron chi connectivity index (χ1n) is 4.91. The summed E-state index contributed by atoms with van der Waals surface area (Å²) in [4.78, 5) is 0. The molecule has 0 saturated carbocycles. The van der Waals surface area contributed by atoms with Gasteiger partial charge in [0.15, 0.2) is 0 Å². The van der Waals surface area contributed by atoms with E-state index in [4.69, 9.17) is 5.41 Å². The summed E-state index contributed by atoms with van der Waals surface area (Å²) in [6.07, 6.45) is 0. The van der Waals surface area contributed by atoms with Crippen molar-refractivity contribution >= 4 is 44.6 Å². The van der Waals surface area contributed by atoms with Gasteiger partial charge in [-0.2, -0.15) is 0 Å². The average molecular weight is 296 g/mol. The summed E-state index contributed by atoms with van der Waals surface area (Å²) in [5.41, 5.74) is 1.28. The smallest absolute Gasteiger partial charge is 0.0613 e. The van der Waals surface area contributed by atoms with E-state index in [1.807, 2.05) is 6.92 Å². The molecule has 84 valence electrons. The topological polar surface area (TPSA) is 23.9 Å². The van der Waals surface area contributed by atoms with Crippen molar-refractivity contribution in [3.63, 3.8) is 0 Å². The van der Waals surface area contributed by atoms with Gasteiger partial charge < -0.3 is 0 Å². The van der Waals surface area contributed by atoms with Crippen LogP contribution in [0.4, 0.5) is 0 Å². The first-order valence-corrected chi connectivity index (χ1v) is 5.90. The van der Waals surface area contributed by atoms with E-state index in [1.54, 1.807) is 11.8 Å². The minimum absolute atomic E-state index is 0. The van der Waals surface area contributed by atoms with Gasteiger partial charge in [0.1, 0.15) is 0 Å². The molecule has 0 heterocycles. The van der Waals surface area contributed by atoms with E-state index in [2.05, 4.69) is 42.5 Å². The summed E-state index contributed by atoms with van der Waals surface area (Å²) in [5, 5.41) is 10.6. The Balaban J connectivity index is 0.00000128. The van der Waals surface area contributed by atoms with Crippen LogP contribution in [0.25, 0.3) is 10.8 Å². The molecular formula is C13H14BrNS. The molecular weight excluding hydrogens is 282 g/mol. The summed E-state index contributed by atoms with van der Waals surface area (Å²) >= 11 is 1.58. The fourth-order valence-electron chi connectivity index (χ4n) is 1.52. The van der Waals surface area contributed by atoms with Crippen molar-refractivity contribution in [1.82, 2.24) is 0 Å². The van der Waals surface area contributed by atoms with Gasteiger partial charge in [-0.25, -0.2) is 0 Å². The van der Waals surface area contributed by atoms with Crippen molar-refractivity contribution in [3.05, 3.63) is 48.0 Å². The number of hydrogen-bond donors (Lipinski definition) is 1. The summed E-state index contributed by atoms with van der Waals surface area (Å²) in [7, 11) is 0. The molecule has 1 N–H and O–H groups in total. The van der Waals surface area contributed by atoms with E-state index in [0.717, 1.165) is 5.75 Å². The zero-order chi connectivity index (χ0) is 10.7. The van der Waals surface area contributed by atoms with Gasteiger partial charge >= 0.3 is 0 Å². The lowest BCUT2D eigenvalue weighted by Gasteiger charge is -2.02. The highest BCUT2D eigenvalue weighted by Gasteiger charge is 1.97. The maximum absolute atomic E-state index is 7.37. The van der Waals surface area contributed by atoms with Crippen molar-refractivity contribution in [2.45, 2.75) is 12.7 Å². The lowest BCUT2D eigenvalue weighted by atomic mass is 10.1. The third kappa shape index (κ3) is 3.35.